The van der Waals surface area contributed by atoms with Gasteiger partial charge < -0.3 is 10.2 Å². The molecule has 1 aromatic rings. The van der Waals surface area contributed by atoms with Crippen LogP contribution >= 0.6 is 15.9 Å². The number of piperidine rings is 1. The lowest BCUT2D eigenvalue weighted by molar-refractivity contribution is 0.373. The number of aryl methyl sites for hydroxylation is 2. The molecule has 1 aromatic carbocycles. The minimum absolute atomic E-state index is 0.713. The van der Waals surface area contributed by atoms with Crippen molar-refractivity contribution in [2.75, 3.05) is 11.9 Å². The molecule has 2 fully saturated rings. The molecule has 2 aliphatic rings. The summed E-state index contributed by atoms with van der Waals surface area (Å²) in [7, 11) is 2.11. The van der Waals surface area contributed by atoms with Gasteiger partial charge in [-0.1, -0.05) is 15.9 Å². The molecule has 0 amide bonds. The maximum Gasteiger partial charge on any atom is 0.0431 e. The van der Waals surface area contributed by atoms with E-state index in [-0.39, 0.29) is 0 Å². The highest BCUT2D eigenvalue weighted by molar-refractivity contribution is 9.10. The average Bonchev–Trinajstić information content (AvgIpc) is 2.60. The summed E-state index contributed by atoms with van der Waals surface area (Å²) in [4.78, 5) is 2.73. The first-order valence-electron chi connectivity index (χ1n) is 7.32. The fourth-order valence-electron chi connectivity index (χ4n) is 4.09. The molecule has 2 unspecified atom stereocenters. The summed E-state index contributed by atoms with van der Waals surface area (Å²) in [5, 5.41) is 3.48. The first-order valence-corrected chi connectivity index (χ1v) is 8.11. The second-order valence-corrected chi connectivity index (χ2v) is 7.05. The van der Waals surface area contributed by atoms with Crippen LogP contribution in [0.15, 0.2) is 16.6 Å². The predicted octanol–water partition coefficient (Wildman–Crippen LogP) is 3.79. The van der Waals surface area contributed by atoms with Crippen LogP contribution in [-0.2, 0) is 0 Å². The molecule has 104 valence electrons. The highest BCUT2D eigenvalue weighted by Gasteiger charge is 2.41. The van der Waals surface area contributed by atoms with Crippen LogP contribution in [0, 0.1) is 13.8 Å². The second kappa shape index (κ2) is 5.10. The summed E-state index contributed by atoms with van der Waals surface area (Å²) in [6.45, 7) is 4.49. The Labute approximate surface area is 124 Å². The number of halogens is 1. The summed E-state index contributed by atoms with van der Waals surface area (Å²) >= 11 is 3.61. The van der Waals surface area contributed by atoms with E-state index in [2.05, 4.69) is 59.2 Å². The van der Waals surface area contributed by atoms with Crippen LogP contribution in [0.25, 0.3) is 0 Å². The second-order valence-electron chi connectivity index (χ2n) is 6.14. The molecule has 2 saturated heterocycles. The zero-order valence-corrected chi connectivity index (χ0v) is 13.6. The van der Waals surface area contributed by atoms with Crippen LogP contribution in [-0.4, -0.2) is 25.2 Å². The topological polar surface area (TPSA) is 15.3 Å². The van der Waals surface area contributed by atoms with Crippen molar-refractivity contribution in [1.29, 1.82) is 0 Å². The number of rotatable bonds is 2. The van der Waals surface area contributed by atoms with Crippen molar-refractivity contribution in [3.05, 3.63) is 27.7 Å². The minimum Gasteiger partial charge on any atom is -0.365 e. The van der Waals surface area contributed by atoms with E-state index in [4.69, 9.17) is 0 Å². The Bertz CT molecular complexity index is 449. The van der Waals surface area contributed by atoms with Gasteiger partial charge in [-0.05, 0) is 69.8 Å². The number of hydrogen-bond acceptors (Lipinski definition) is 2. The van der Waals surface area contributed by atoms with Gasteiger partial charge in [0.05, 0.1) is 0 Å². The number of hydrogen-bond donors (Lipinski definition) is 1. The third-order valence-corrected chi connectivity index (χ3v) is 5.31. The Hall–Kier alpha value is -0.540. The van der Waals surface area contributed by atoms with Crippen molar-refractivity contribution in [2.45, 2.75) is 57.7 Å². The van der Waals surface area contributed by atoms with E-state index in [1.54, 1.807) is 0 Å². The molecule has 3 rings (SSSR count). The first-order chi connectivity index (χ1) is 9.10. The van der Waals surface area contributed by atoms with Crippen molar-refractivity contribution >= 4 is 21.6 Å². The van der Waals surface area contributed by atoms with Gasteiger partial charge in [-0.25, -0.2) is 0 Å². The molecular weight excluding hydrogens is 300 g/mol. The van der Waals surface area contributed by atoms with Gasteiger partial charge in [0.25, 0.3) is 0 Å². The summed E-state index contributed by atoms with van der Waals surface area (Å²) < 4.78 is 1.20. The lowest BCUT2D eigenvalue weighted by Gasteiger charge is -2.42. The maximum atomic E-state index is 3.61. The molecule has 2 heterocycles. The number of nitrogens with zero attached hydrogens (tertiary/aromatic N) is 1. The Morgan fingerprint density at radius 2 is 1.63 bits per heavy atom. The van der Waals surface area contributed by atoms with Crippen molar-refractivity contribution in [1.82, 2.24) is 5.32 Å². The van der Waals surface area contributed by atoms with Crippen molar-refractivity contribution in [2.24, 2.45) is 0 Å². The first kappa shape index (κ1) is 13.4. The Kier molecular flexibility index (Phi) is 3.61. The molecule has 2 aliphatic heterocycles. The van der Waals surface area contributed by atoms with Gasteiger partial charge in [0, 0.05) is 28.3 Å². The normalized spacial score (nSPS) is 29.9. The van der Waals surface area contributed by atoms with Gasteiger partial charge in [-0.3, -0.25) is 0 Å². The highest BCUT2D eigenvalue weighted by atomic mass is 79.9. The molecular formula is C16H23BrN2. The maximum absolute atomic E-state index is 3.61. The molecule has 0 spiro atoms. The predicted molar refractivity (Wildman–Crippen MR) is 85.0 cm³/mol. The highest BCUT2D eigenvalue weighted by Crippen LogP contribution is 2.42. The molecule has 0 aromatic heterocycles. The number of fused-ring (bicyclic) bond motifs is 2. The van der Waals surface area contributed by atoms with Crippen molar-refractivity contribution in [3.63, 3.8) is 0 Å². The molecule has 0 saturated carbocycles. The molecule has 3 heteroatoms. The van der Waals surface area contributed by atoms with E-state index in [0.717, 1.165) is 12.1 Å². The summed E-state index contributed by atoms with van der Waals surface area (Å²) in [6.07, 6.45) is 5.31. The van der Waals surface area contributed by atoms with E-state index >= 15 is 0 Å². The number of nitrogens with one attached hydrogen (secondary N) is 1. The lowest BCUT2D eigenvalue weighted by atomic mass is 9.95. The summed E-state index contributed by atoms with van der Waals surface area (Å²) in [5.41, 5.74) is 4.31. The van der Waals surface area contributed by atoms with E-state index in [1.807, 2.05) is 0 Å². The number of benzene rings is 1. The Morgan fingerprint density at radius 3 is 2.11 bits per heavy atom. The molecule has 2 nitrogen and oxygen atoms in total. The van der Waals surface area contributed by atoms with Crippen molar-refractivity contribution < 1.29 is 0 Å². The molecule has 1 N–H and O–H groups in total. The van der Waals surface area contributed by atoms with Gasteiger partial charge in [0.2, 0.25) is 0 Å². The van der Waals surface area contributed by atoms with Gasteiger partial charge in [-0.2, -0.15) is 0 Å². The van der Waals surface area contributed by atoms with Gasteiger partial charge in [0.1, 0.15) is 0 Å². The number of anilines is 1. The lowest BCUT2D eigenvalue weighted by Crippen LogP contribution is -2.49. The fourth-order valence-corrected chi connectivity index (χ4v) is 4.77. The summed E-state index contributed by atoms with van der Waals surface area (Å²) in [5.74, 6) is 0. The SMILES string of the molecule is CNC1CC2CCC(C1)N2c1c(C)cc(Br)cc1C. The largest absolute Gasteiger partial charge is 0.365 e. The van der Waals surface area contributed by atoms with E-state index in [0.29, 0.717) is 6.04 Å². The Morgan fingerprint density at radius 1 is 1.11 bits per heavy atom. The van der Waals surface area contributed by atoms with Crippen LogP contribution in [0.2, 0.25) is 0 Å². The molecule has 2 bridgehead atoms. The van der Waals surface area contributed by atoms with Gasteiger partial charge in [0.15, 0.2) is 0 Å². The zero-order chi connectivity index (χ0) is 13.6. The fraction of sp³-hybridized carbons (Fsp3) is 0.625. The molecule has 2 atom stereocenters. The Balaban J connectivity index is 1.96. The molecule has 0 radical (unpaired) electrons. The van der Waals surface area contributed by atoms with Crippen LogP contribution in [0.3, 0.4) is 0 Å². The van der Waals surface area contributed by atoms with E-state index < -0.39 is 0 Å². The van der Waals surface area contributed by atoms with Crippen LogP contribution in [0.5, 0.6) is 0 Å². The monoisotopic (exact) mass is 322 g/mol. The molecule has 19 heavy (non-hydrogen) atoms. The third-order valence-electron chi connectivity index (χ3n) is 4.86. The van der Waals surface area contributed by atoms with E-state index in [9.17, 15) is 0 Å². The van der Waals surface area contributed by atoms with Crippen LogP contribution in [0.1, 0.15) is 36.8 Å². The average molecular weight is 323 g/mol. The standard InChI is InChI=1S/C16H23BrN2/c1-10-6-12(17)7-11(2)16(10)19-14-4-5-15(19)9-13(8-14)18-3/h6-7,13-15,18H,4-5,8-9H2,1-3H3. The van der Waals surface area contributed by atoms with E-state index in [1.165, 1.54) is 47.0 Å². The minimum atomic E-state index is 0.713. The smallest absolute Gasteiger partial charge is 0.0431 e. The third kappa shape index (κ3) is 2.31. The zero-order valence-electron chi connectivity index (χ0n) is 12.0. The van der Waals surface area contributed by atoms with Gasteiger partial charge >= 0.3 is 0 Å². The quantitative estimate of drug-likeness (QED) is 0.891. The summed E-state index contributed by atoms with van der Waals surface area (Å²) in [6, 6.07) is 6.69. The van der Waals surface area contributed by atoms with Gasteiger partial charge in [-0.15, -0.1) is 0 Å². The van der Waals surface area contributed by atoms with Crippen LogP contribution < -0.4 is 10.2 Å². The van der Waals surface area contributed by atoms with Crippen molar-refractivity contribution in [3.8, 4) is 0 Å². The van der Waals surface area contributed by atoms with Crippen LogP contribution in [0.4, 0.5) is 5.69 Å². The molecule has 0 aliphatic carbocycles.